The molecule has 0 radical (unpaired) electrons. The van der Waals surface area contributed by atoms with E-state index in [9.17, 15) is 4.79 Å². The summed E-state index contributed by atoms with van der Waals surface area (Å²) in [4.78, 5) is 20.6. The molecule has 3 aromatic carbocycles. The van der Waals surface area contributed by atoms with Crippen molar-refractivity contribution in [1.82, 2.24) is 14.8 Å². The summed E-state index contributed by atoms with van der Waals surface area (Å²) in [6.45, 7) is 3.95. The van der Waals surface area contributed by atoms with E-state index < -0.39 is 0 Å². The molecule has 0 saturated carbocycles. The Bertz CT molecular complexity index is 1420. The highest BCUT2D eigenvalue weighted by Gasteiger charge is 2.35. The van der Waals surface area contributed by atoms with Crippen LogP contribution in [0.15, 0.2) is 71.5 Å². The number of aromatic nitrogens is 1. The number of benzene rings is 3. The summed E-state index contributed by atoms with van der Waals surface area (Å²) in [5.74, 6) is 0.0716. The van der Waals surface area contributed by atoms with Gasteiger partial charge in [0.1, 0.15) is 0 Å². The zero-order chi connectivity index (χ0) is 25.4. The Kier molecular flexibility index (Phi) is 6.69. The van der Waals surface area contributed by atoms with E-state index in [0.717, 1.165) is 41.7 Å². The Hall–Kier alpha value is -3.41. The van der Waals surface area contributed by atoms with Gasteiger partial charge in [-0.3, -0.25) is 4.79 Å². The molecule has 2 unspecified atom stereocenters. The molecule has 186 valence electrons. The van der Waals surface area contributed by atoms with Crippen LogP contribution >= 0.6 is 0 Å². The number of nitrogens with zero attached hydrogens (tertiary/aromatic N) is 2. The van der Waals surface area contributed by atoms with Crippen LogP contribution in [0.2, 0.25) is 0 Å². The number of H-pyrrole nitrogens is 1. The molecule has 5 nitrogen and oxygen atoms in total. The highest BCUT2D eigenvalue weighted by Crippen LogP contribution is 2.48. The first-order valence-corrected chi connectivity index (χ1v) is 12.8. The molecule has 1 aliphatic heterocycles. The summed E-state index contributed by atoms with van der Waals surface area (Å²) in [6, 6.07) is 24.1. The Morgan fingerprint density at radius 1 is 0.778 bits per heavy atom. The van der Waals surface area contributed by atoms with Crippen LogP contribution in [-0.4, -0.2) is 43.0 Å². The van der Waals surface area contributed by atoms with E-state index in [4.69, 9.17) is 0 Å². The fourth-order valence-corrected chi connectivity index (χ4v) is 5.64. The second kappa shape index (κ2) is 9.92. The second-order valence-electron chi connectivity index (χ2n) is 10.5. The van der Waals surface area contributed by atoms with Crippen LogP contribution in [0.5, 0.6) is 0 Å². The first-order valence-electron chi connectivity index (χ1n) is 12.8. The molecule has 36 heavy (non-hydrogen) atoms. The summed E-state index contributed by atoms with van der Waals surface area (Å²) in [5.41, 5.74) is 8.37. The van der Waals surface area contributed by atoms with Crippen molar-refractivity contribution in [3.05, 3.63) is 111 Å². The largest absolute Gasteiger partial charge is 0.377 e. The Labute approximate surface area is 213 Å². The number of rotatable bonds is 7. The molecule has 0 spiro atoms. The number of hydrogen-bond donors (Lipinski definition) is 2. The van der Waals surface area contributed by atoms with Crippen LogP contribution in [0, 0.1) is 0 Å². The minimum atomic E-state index is -0.0131. The molecule has 1 aliphatic rings. The summed E-state index contributed by atoms with van der Waals surface area (Å²) in [5, 5.41) is 5.65. The van der Waals surface area contributed by atoms with Crippen LogP contribution < -0.4 is 10.9 Å². The van der Waals surface area contributed by atoms with Gasteiger partial charge in [0.15, 0.2) is 0 Å². The summed E-state index contributed by atoms with van der Waals surface area (Å²) in [6.07, 6.45) is 0.776. The van der Waals surface area contributed by atoms with Gasteiger partial charge in [-0.2, -0.15) is 0 Å². The third-order valence-corrected chi connectivity index (χ3v) is 7.15. The van der Waals surface area contributed by atoms with Gasteiger partial charge in [-0.1, -0.05) is 61.5 Å². The van der Waals surface area contributed by atoms with E-state index >= 15 is 0 Å². The van der Waals surface area contributed by atoms with Gasteiger partial charge in [-0.25, -0.2) is 0 Å². The van der Waals surface area contributed by atoms with Gasteiger partial charge >= 0.3 is 0 Å². The Balaban J connectivity index is 1.69. The first-order chi connectivity index (χ1) is 17.4. The summed E-state index contributed by atoms with van der Waals surface area (Å²) in [7, 11) is 8.38. The standard InChI is InChI=1S/C31H36N4O/c1-6-25-29-27(22-14-10-20(11-15-22)18-34(2)3)30(23-16-12-21(13-17-23)19-35(4)5)32-26-9-7-8-24(28(26)29)31(36)33-25/h7-17,27,30,32H,6,18-19H2,1-5H3,(H,33,36). The number of aromatic amines is 1. The smallest absolute Gasteiger partial charge is 0.256 e. The van der Waals surface area contributed by atoms with E-state index in [2.05, 4.69) is 110 Å². The lowest BCUT2D eigenvalue weighted by Crippen LogP contribution is -2.28. The molecule has 4 aromatic rings. The highest BCUT2D eigenvalue weighted by atomic mass is 16.1. The first kappa shape index (κ1) is 24.3. The van der Waals surface area contributed by atoms with Crippen LogP contribution in [-0.2, 0) is 19.5 Å². The minimum absolute atomic E-state index is 0.0131. The third kappa shape index (κ3) is 4.57. The monoisotopic (exact) mass is 480 g/mol. The Morgan fingerprint density at radius 3 is 1.92 bits per heavy atom. The van der Waals surface area contributed by atoms with E-state index in [1.54, 1.807) is 0 Å². The van der Waals surface area contributed by atoms with Gasteiger partial charge in [0.2, 0.25) is 0 Å². The van der Waals surface area contributed by atoms with Gasteiger partial charge in [-0.15, -0.1) is 0 Å². The summed E-state index contributed by atoms with van der Waals surface area (Å²) < 4.78 is 0. The fraction of sp³-hybridized carbons (Fsp3) is 0.323. The maximum atomic E-state index is 13.0. The summed E-state index contributed by atoms with van der Waals surface area (Å²) >= 11 is 0. The molecule has 2 N–H and O–H groups in total. The molecule has 5 rings (SSSR count). The lowest BCUT2D eigenvalue weighted by molar-refractivity contribution is 0.402. The zero-order valence-electron chi connectivity index (χ0n) is 21.9. The molecule has 0 fully saturated rings. The van der Waals surface area contributed by atoms with E-state index in [1.165, 1.54) is 27.8 Å². The van der Waals surface area contributed by atoms with Crippen molar-refractivity contribution in [2.24, 2.45) is 0 Å². The maximum absolute atomic E-state index is 13.0. The highest BCUT2D eigenvalue weighted by molar-refractivity contribution is 5.98. The topological polar surface area (TPSA) is 51.4 Å². The fourth-order valence-electron chi connectivity index (χ4n) is 5.64. The molecular weight excluding hydrogens is 444 g/mol. The van der Waals surface area contributed by atoms with Crippen molar-refractivity contribution >= 4 is 16.5 Å². The molecule has 0 saturated heterocycles. The average molecular weight is 481 g/mol. The van der Waals surface area contributed by atoms with Crippen molar-refractivity contribution in [2.45, 2.75) is 38.4 Å². The van der Waals surface area contributed by atoms with E-state index in [-0.39, 0.29) is 17.5 Å². The number of aryl methyl sites for hydroxylation is 1. The van der Waals surface area contributed by atoms with Gasteiger partial charge in [0.05, 0.1) is 6.04 Å². The van der Waals surface area contributed by atoms with Crippen LogP contribution in [0.1, 0.15) is 52.4 Å². The van der Waals surface area contributed by atoms with Crippen molar-refractivity contribution in [1.29, 1.82) is 0 Å². The number of hydrogen-bond acceptors (Lipinski definition) is 4. The van der Waals surface area contributed by atoms with Gasteiger partial charge in [0.25, 0.3) is 5.56 Å². The van der Waals surface area contributed by atoms with Gasteiger partial charge in [-0.05, 0) is 74.6 Å². The predicted octanol–water partition coefficient (Wildman–Crippen LogP) is 5.51. The molecule has 2 atom stereocenters. The number of nitrogens with one attached hydrogen (secondary N) is 2. The Morgan fingerprint density at radius 2 is 1.36 bits per heavy atom. The zero-order valence-corrected chi connectivity index (χ0v) is 21.9. The molecule has 1 aromatic heterocycles. The lowest BCUT2D eigenvalue weighted by Gasteiger charge is -2.37. The molecule has 5 heteroatoms. The lowest BCUT2D eigenvalue weighted by atomic mass is 9.76. The molecule has 0 bridgehead atoms. The normalized spacial score (nSPS) is 17.1. The van der Waals surface area contributed by atoms with Crippen molar-refractivity contribution in [2.75, 3.05) is 33.5 Å². The van der Waals surface area contributed by atoms with Crippen LogP contribution in [0.4, 0.5) is 5.69 Å². The molecule has 2 heterocycles. The number of pyridine rings is 1. The van der Waals surface area contributed by atoms with E-state index in [1.807, 2.05) is 12.1 Å². The van der Waals surface area contributed by atoms with Crippen LogP contribution in [0.25, 0.3) is 10.8 Å². The second-order valence-corrected chi connectivity index (χ2v) is 10.5. The van der Waals surface area contributed by atoms with E-state index in [0.29, 0.717) is 0 Å². The molecule has 0 aliphatic carbocycles. The van der Waals surface area contributed by atoms with Gasteiger partial charge in [0, 0.05) is 41.2 Å². The van der Waals surface area contributed by atoms with Crippen molar-refractivity contribution in [3.8, 4) is 0 Å². The maximum Gasteiger partial charge on any atom is 0.256 e. The average Bonchev–Trinajstić information content (AvgIpc) is 2.86. The van der Waals surface area contributed by atoms with Gasteiger partial charge < -0.3 is 20.1 Å². The molecule has 0 amide bonds. The van der Waals surface area contributed by atoms with Crippen molar-refractivity contribution < 1.29 is 0 Å². The SMILES string of the molecule is CCc1[nH]c(=O)c2cccc3c2c1C(c1ccc(CN(C)C)cc1)C(c1ccc(CN(C)C)cc1)N3. The van der Waals surface area contributed by atoms with Crippen molar-refractivity contribution in [3.63, 3.8) is 0 Å². The molecular formula is C31H36N4O. The predicted molar refractivity (Wildman–Crippen MR) is 150 cm³/mol. The minimum Gasteiger partial charge on any atom is -0.377 e. The van der Waals surface area contributed by atoms with Crippen LogP contribution in [0.3, 0.4) is 0 Å². The number of anilines is 1. The third-order valence-electron chi connectivity index (χ3n) is 7.15. The quantitative estimate of drug-likeness (QED) is 0.366.